The van der Waals surface area contributed by atoms with Gasteiger partial charge in [-0.25, -0.2) is 9.59 Å². The van der Waals surface area contributed by atoms with E-state index in [1.54, 1.807) is 20.8 Å². The van der Waals surface area contributed by atoms with Crippen molar-refractivity contribution in [2.24, 2.45) is 0 Å². The van der Waals surface area contributed by atoms with Gasteiger partial charge < -0.3 is 14.2 Å². The minimum Gasteiger partial charge on any atom is -0.451 e. The maximum absolute atomic E-state index is 11.3. The number of esters is 1. The zero-order chi connectivity index (χ0) is 11.6. The van der Waals surface area contributed by atoms with Crippen LogP contribution in [0.15, 0.2) is 12.2 Å². The minimum absolute atomic E-state index is 0.00481. The molecule has 0 N–H and O–H groups in total. The third-order valence-corrected chi connectivity index (χ3v) is 2.07. The second kappa shape index (κ2) is 3.92. The van der Waals surface area contributed by atoms with Gasteiger partial charge in [-0.2, -0.15) is 0 Å². The number of carbonyl (C=O) groups excluding carboxylic acids is 2. The number of hydrogen-bond acceptors (Lipinski definition) is 5. The van der Waals surface area contributed by atoms with Crippen LogP contribution in [-0.2, 0) is 19.0 Å². The molecule has 0 amide bonds. The van der Waals surface area contributed by atoms with Crippen LogP contribution in [0.3, 0.4) is 0 Å². The Bertz CT molecular complexity index is 305. The molecule has 0 spiro atoms. The molecule has 0 aliphatic carbocycles. The SMILES string of the molecule is C=C(C)C(=O)OC1COC(=O)OC1(C)C. The van der Waals surface area contributed by atoms with Gasteiger partial charge in [0.25, 0.3) is 0 Å². The first kappa shape index (κ1) is 11.6. The Labute approximate surface area is 88.0 Å². The van der Waals surface area contributed by atoms with Crippen LogP contribution in [0.5, 0.6) is 0 Å². The van der Waals surface area contributed by atoms with E-state index in [2.05, 4.69) is 11.3 Å². The molecule has 1 aliphatic heterocycles. The molecule has 0 saturated carbocycles. The van der Waals surface area contributed by atoms with E-state index in [0.717, 1.165) is 0 Å². The summed E-state index contributed by atoms with van der Waals surface area (Å²) >= 11 is 0. The highest BCUT2D eigenvalue weighted by atomic mass is 16.8. The lowest BCUT2D eigenvalue weighted by atomic mass is 10.0. The highest BCUT2D eigenvalue weighted by Gasteiger charge is 2.42. The van der Waals surface area contributed by atoms with Crippen molar-refractivity contribution in [2.75, 3.05) is 6.61 Å². The molecule has 5 heteroatoms. The second-order valence-electron chi connectivity index (χ2n) is 3.94. The highest BCUT2D eigenvalue weighted by molar-refractivity contribution is 5.87. The summed E-state index contributed by atoms with van der Waals surface area (Å²) in [4.78, 5) is 22.1. The van der Waals surface area contributed by atoms with Gasteiger partial charge in [-0.1, -0.05) is 6.58 Å². The van der Waals surface area contributed by atoms with E-state index in [0.29, 0.717) is 5.57 Å². The van der Waals surface area contributed by atoms with Gasteiger partial charge in [-0.05, 0) is 20.8 Å². The lowest BCUT2D eigenvalue weighted by Crippen LogP contribution is -2.50. The third kappa shape index (κ3) is 2.71. The fourth-order valence-corrected chi connectivity index (χ4v) is 1.06. The van der Waals surface area contributed by atoms with Gasteiger partial charge in [0.15, 0.2) is 11.7 Å². The van der Waals surface area contributed by atoms with Gasteiger partial charge in [0, 0.05) is 5.57 Å². The van der Waals surface area contributed by atoms with Gasteiger partial charge >= 0.3 is 12.1 Å². The Morgan fingerprint density at radius 1 is 1.60 bits per heavy atom. The van der Waals surface area contributed by atoms with Gasteiger partial charge in [-0.3, -0.25) is 0 Å². The lowest BCUT2D eigenvalue weighted by Gasteiger charge is -2.36. The Morgan fingerprint density at radius 2 is 2.20 bits per heavy atom. The predicted octanol–water partition coefficient (Wildman–Crippen LogP) is 1.42. The van der Waals surface area contributed by atoms with Gasteiger partial charge in [0.05, 0.1) is 0 Å². The zero-order valence-corrected chi connectivity index (χ0v) is 9.03. The number of hydrogen-bond donors (Lipinski definition) is 0. The van der Waals surface area contributed by atoms with Crippen molar-refractivity contribution in [1.82, 2.24) is 0 Å². The summed E-state index contributed by atoms with van der Waals surface area (Å²) in [6.07, 6.45) is -1.36. The summed E-state index contributed by atoms with van der Waals surface area (Å²) in [6.45, 7) is 8.32. The monoisotopic (exact) mass is 214 g/mol. The smallest absolute Gasteiger partial charge is 0.451 e. The summed E-state index contributed by atoms with van der Waals surface area (Å²) in [5.74, 6) is -0.519. The number of carbonyl (C=O) groups is 2. The molecule has 1 unspecified atom stereocenters. The minimum atomic E-state index is -0.875. The van der Waals surface area contributed by atoms with E-state index in [1.165, 1.54) is 0 Å². The molecule has 1 atom stereocenters. The van der Waals surface area contributed by atoms with Crippen LogP contribution in [0, 0.1) is 0 Å². The summed E-state index contributed by atoms with van der Waals surface area (Å²) in [5.41, 5.74) is -0.580. The van der Waals surface area contributed by atoms with Crippen LogP contribution in [0.1, 0.15) is 20.8 Å². The van der Waals surface area contributed by atoms with Crippen molar-refractivity contribution < 1.29 is 23.8 Å². The Balaban J connectivity index is 2.66. The maximum atomic E-state index is 11.3. The standard InChI is InChI=1S/C10H14O5/c1-6(2)8(11)14-7-5-13-9(12)15-10(7,3)4/h7H,1,5H2,2-4H3. The molecule has 1 heterocycles. The first-order valence-corrected chi connectivity index (χ1v) is 4.55. The molecular formula is C10H14O5. The first-order chi connectivity index (χ1) is 6.83. The summed E-state index contributed by atoms with van der Waals surface area (Å²) in [7, 11) is 0. The van der Waals surface area contributed by atoms with Crippen LogP contribution in [-0.4, -0.2) is 30.4 Å². The largest absolute Gasteiger partial charge is 0.509 e. The molecule has 0 radical (unpaired) electrons. The van der Waals surface area contributed by atoms with Crippen molar-refractivity contribution in [3.05, 3.63) is 12.2 Å². The lowest BCUT2D eigenvalue weighted by molar-refractivity contribution is -0.180. The number of ether oxygens (including phenoxy) is 3. The van der Waals surface area contributed by atoms with E-state index in [4.69, 9.17) is 9.47 Å². The fourth-order valence-electron chi connectivity index (χ4n) is 1.06. The van der Waals surface area contributed by atoms with E-state index in [-0.39, 0.29) is 6.61 Å². The molecule has 5 nitrogen and oxygen atoms in total. The quantitative estimate of drug-likeness (QED) is 0.514. The molecule has 1 rings (SSSR count). The first-order valence-electron chi connectivity index (χ1n) is 4.55. The Morgan fingerprint density at radius 3 is 2.67 bits per heavy atom. The summed E-state index contributed by atoms with van der Waals surface area (Å²) in [6, 6.07) is 0. The van der Waals surface area contributed by atoms with Gasteiger partial charge in [0.1, 0.15) is 6.61 Å². The van der Waals surface area contributed by atoms with Crippen LogP contribution < -0.4 is 0 Å². The number of cyclic esters (lactones) is 2. The topological polar surface area (TPSA) is 61.8 Å². The van der Waals surface area contributed by atoms with Gasteiger partial charge in [0.2, 0.25) is 0 Å². The molecule has 84 valence electrons. The van der Waals surface area contributed by atoms with Crippen LogP contribution in [0.4, 0.5) is 4.79 Å². The molecule has 1 fully saturated rings. The maximum Gasteiger partial charge on any atom is 0.509 e. The van der Waals surface area contributed by atoms with E-state index < -0.39 is 23.8 Å². The van der Waals surface area contributed by atoms with Crippen molar-refractivity contribution >= 4 is 12.1 Å². The average molecular weight is 214 g/mol. The molecule has 15 heavy (non-hydrogen) atoms. The van der Waals surface area contributed by atoms with Crippen molar-refractivity contribution in [3.63, 3.8) is 0 Å². The molecule has 0 aromatic heterocycles. The van der Waals surface area contributed by atoms with Gasteiger partial charge in [-0.15, -0.1) is 0 Å². The summed E-state index contributed by atoms with van der Waals surface area (Å²) in [5, 5.41) is 0. The average Bonchev–Trinajstić information content (AvgIpc) is 2.08. The van der Waals surface area contributed by atoms with Crippen molar-refractivity contribution in [1.29, 1.82) is 0 Å². The Kier molecular flexibility index (Phi) is 3.02. The van der Waals surface area contributed by atoms with E-state index >= 15 is 0 Å². The molecular weight excluding hydrogens is 200 g/mol. The summed E-state index contributed by atoms with van der Waals surface area (Å²) < 4.78 is 14.6. The molecule has 0 aromatic carbocycles. The molecule has 1 aliphatic rings. The van der Waals surface area contributed by atoms with Crippen molar-refractivity contribution in [3.8, 4) is 0 Å². The van der Waals surface area contributed by atoms with E-state index in [9.17, 15) is 9.59 Å². The third-order valence-electron chi connectivity index (χ3n) is 2.07. The van der Waals surface area contributed by atoms with E-state index in [1.807, 2.05) is 0 Å². The zero-order valence-electron chi connectivity index (χ0n) is 9.03. The van der Waals surface area contributed by atoms with Crippen LogP contribution >= 0.6 is 0 Å². The normalized spacial score (nSPS) is 23.7. The van der Waals surface area contributed by atoms with Crippen molar-refractivity contribution in [2.45, 2.75) is 32.5 Å². The second-order valence-corrected chi connectivity index (χ2v) is 3.94. The Hall–Kier alpha value is -1.52. The number of rotatable bonds is 2. The molecule has 0 aromatic rings. The fraction of sp³-hybridized carbons (Fsp3) is 0.600. The molecule has 1 saturated heterocycles. The molecule has 0 bridgehead atoms. The highest BCUT2D eigenvalue weighted by Crippen LogP contribution is 2.24. The van der Waals surface area contributed by atoms with Crippen LogP contribution in [0.25, 0.3) is 0 Å². The van der Waals surface area contributed by atoms with Crippen LogP contribution in [0.2, 0.25) is 0 Å². The predicted molar refractivity (Wildman–Crippen MR) is 51.2 cm³/mol.